The van der Waals surface area contributed by atoms with Crippen molar-refractivity contribution in [1.29, 1.82) is 0 Å². The molecule has 0 saturated carbocycles. The molecule has 5 heteroatoms. The van der Waals surface area contributed by atoms with Crippen molar-refractivity contribution in [2.45, 2.75) is 26.3 Å². The Bertz CT molecular complexity index is 333. The van der Waals surface area contributed by atoms with Crippen LogP contribution in [0.15, 0.2) is 6.20 Å². The number of H-pyrrole nitrogens is 1. The number of aryl methyl sites for hydroxylation is 1. The van der Waals surface area contributed by atoms with Crippen molar-refractivity contribution in [3.8, 4) is 0 Å². The third kappa shape index (κ3) is 2.57. The summed E-state index contributed by atoms with van der Waals surface area (Å²) in [5.41, 5.74) is 1.13. The topological polar surface area (TPSA) is 57.8 Å². The number of aromatic nitrogens is 2. The fraction of sp³-hybridized carbons (Fsp3) is 0.556. The van der Waals surface area contributed by atoms with Gasteiger partial charge in [-0.1, -0.05) is 15.9 Å². The standard InChI is InChI=1S/C9H14BrN3O/c1-6-7(4-11-13-6)8(14)12-9(2,3)5-10/h4H,5H2,1-3H3,(H,11,13)(H,12,14). The number of amides is 1. The summed E-state index contributed by atoms with van der Waals surface area (Å²) in [6.07, 6.45) is 1.54. The number of aromatic amines is 1. The van der Waals surface area contributed by atoms with Gasteiger partial charge >= 0.3 is 0 Å². The first-order chi connectivity index (χ1) is 6.46. The maximum Gasteiger partial charge on any atom is 0.255 e. The molecule has 0 atom stereocenters. The van der Waals surface area contributed by atoms with Crippen molar-refractivity contribution < 1.29 is 4.79 Å². The number of rotatable bonds is 3. The van der Waals surface area contributed by atoms with Gasteiger partial charge in [0.2, 0.25) is 0 Å². The van der Waals surface area contributed by atoms with Crippen LogP contribution in [0.25, 0.3) is 0 Å². The number of halogens is 1. The van der Waals surface area contributed by atoms with E-state index in [0.29, 0.717) is 10.9 Å². The average Bonchev–Trinajstić information content (AvgIpc) is 2.51. The molecule has 1 rings (SSSR count). The summed E-state index contributed by atoms with van der Waals surface area (Å²) >= 11 is 3.34. The lowest BCUT2D eigenvalue weighted by molar-refractivity contribution is 0.0921. The van der Waals surface area contributed by atoms with Gasteiger partial charge in [-0.25, -0.2) is 0 Å². The monoisotopic (exact) mass is 259 g/mol. The lowest BCUT2D eigenvalue weighted by atomic mass is 10.1. The molecule has 1 amide bonds. The fourth-order valence-electron chi connectivity index (χ4n) is 0.988. The highest BCUT2D eigenvalue weighted by molar-refractivity contribution is 9.09. The fourth-order valence-corrected chi connectivity index (χ4v) is 1.13. The number of carbonyl (C=O) groups is 1. The SMILES string of the molecule is Cc1[nH]ncc1C(=O)NC(C)(C)CBr. The van der Waals surface area contributed by atoms with Gasteiger partial charge in [0, 0.05) is 16.6 Å². The van der Waals surface area contributed by atoms with Gasteiger partial charge in [0.15, 0.2) is 0 Å². The predicted octanol–water partition coefficient (Wildman–Crippen LogP) is 1.62. The van der Waals surface area contributed by atoms with Crippen LogP contribution in [0.4, 0.5) is 0 Å². The summed E-state index contributed by atoms with van der Waals surface area (Å²) < 4.78 is 0. The van der Waals surface area contributed by atoms with Crippen LogP contribution in [0.1, 0.15) is 29.9 Å². The number of carbonyl (C=O) groups excluding carboxylic acids is 1. The van der Waals surface area contributed by atoms with Crippen molar-refractivity contribution in [1.82, 2.24) is 15.5 Å². The number of nitrogens with one attached hydrogen (secondary N) is 2. The maximum absolute atomic E-state index is 11.7. The molecule has 2 N–H and O–H groups in total. The summed E-state index contributed by atoms with van der Waals surface area (Å²) in [7, 11) is 0. The van der Waals surface area contributed by atoms with Gasteiger partial charge in [-0.3, -0.25) is 9.89 Å². The van der Waals surface area contributed by atoms with Crippen LogP contribution in [0.2, 0.25) is 0 Å². The zero-order valence-corrected chi connectivity index (χ0v) is 10.1. The summed E-state index contributed by atoms with van der Waals surface area (Å²) in [5.74, 6) is -0.0966. The molecule has 0 aliphatic heterocycles. The van der Waals surface area contributed by atoms with Crippen LogP contribution in [-0.4, -0.2) is 27.0 Å². The zero-order valence-electron chi connectivity index (χ0n) is 8.52. The van der Waals surface area contributed by atoms with Gasteiger partial charge < -0.3 is 5.32 Å². The molecule has 4 nitrogen and oxygen atoms in total. The second kappa shape index (κ2) is 4.13. The van der Waals surface area contributed by atoms with Crippen LogP contribution in [-0.2, 0) is 0 Å². The Morgan fingerprint density at radius 1 is 1.71 bits per heavy atom. The second-order valence-electron chi connectivity index (χ2n) is 3.88. The van der Waals surface area contributed by atoms with Gasteiger partial charge in [-0.05, 0) is 20.8 Å². The van der Waals surface area contributed by atoms with E-state index < -0.39 is 0 Å². The molecule has 0 aliphatic carbocycles. The van der Waals surface area contributed by atoms with Crippen molar-refractivity contribution in [3.05, 3.63) is 17.5 Å². The Morgan fingerprint density at radius 2 is 2.36 bits per heavy atom. The average molecular weight is 260 g/mol. The van der Waals surface area contributed by atoms with Gasteiger partial charge in [-0.2, -0.15) is 5.10 Å². The molecular formula is C9H14BrN3O. The summed E-state index contributed by atoms with van der Waals surface area (Å²) in [5, 5.41) is 10.1. The van der Waals surface area contributed by atoms with Crippen molar-refractivity contribution in [3.63, 3.8) is 0 Å². The Morgan fingerprint density at radius 3 is 2.79 bits per heavy atom. The largest absolute Gasteiger partial charge is 0.346 e. The van der Waals surface area contributed by atoms with Crippen molar-refractivity contribution in [2.24, 2.45) is 0 Å². The molecular weight excluding hydrogens is 246 g/mol. The first kappa shape index (κ1) is 11.2. The molecule has 0 aliphatic rings. The molecule has 0 spiro atoms. The number of hydrogen-bond acceptors (Lipinski definition) is 2. The van der Waals surface area contributed by atoms with Crippen LogP contribution in [0.5, 0.6) is 0 Å². The molecule has 1 aromatic heterocycles. The van der Waals surface area contributed by atoms with E-state index in [4.69, 9.17) is 0 Å². The van der Waals surface area contributed by atoms with E-state index in [2.05, 4.69) is 31.4 Å². The van der Waals surface area contributed by atoms with Crippen LogP contribution in [0.3, 0.4) is 0 Å². The number of hydrogen-bond donors (Lipinski definition) is 2. The van der Waals surface area contributed by atoms with E-state index in [1.807, 2.05) is 20.8 Å². The van der Waals surface area contributed by atoms with E-state index in [1.165, 1.54) is 6.20 Å². The highest BCUT2D eigenvalue weighted by atomic mass is 79.9. The Kier molecular flexibility index (Phi) is 3.31. The minimum atomic E-state index is -0.249. The highest BCUT2D eigenvalue weighted by Crippen LogP contribution is 2.09. The van der Waals surface area contributed by atoms with E-state index in [-0.39, 0.29) is 11.4 Å². The van der Waals surface area contributed by atoms with Crippen LogP contribution in [0, 0.1) is 6.92 Å². The Hall–Kier alpha value is -0.840. The molecule has 1 aromatic rings. The predicted molar refractivity (Wildman–Crippen MR) is 58.7 cm³/mol. The number of nitrogens with zero attached hydrogens (tertiary/aromatic N) is 1. The lowest BCUT2D eigenvalue weighted by Crippen LogP contribution is -2.44. The van der Waals surface area contributed by atoms with Crippen molar-refractivity contribution >= 4 is 21.8 Å². The van der Waals surface area contributed by atoms with Gasteiger partial charge in [0.1, 0.15) is 0 Å². The van der Waals surface area contributed by atoms with E-state index >= 15 is 0 Å². The molecule has 0 radical (unpaired) electrons. The van der Waals surface area contributed by atoms with Crippen LogP contribution >= 0.6 is 15.9 Å². The maximum atomic E-state index is 11.7. The smallest absolute Gasteiger partial charge is 0.255 e. The van der Waals surface area contributed by atoms with E-state index in [0.717, 1.165) is 5.69 Å². The quantitative estimate of drug-likeness (QED) is 0.811. The Labute approximate surface area is 91.6 Å². The Balaban J connectivity index is 2.73. The molecule has 0 fully saturated rings. The first-order valence-electron chi connectivity index (χ1n) is 4.35. The van der Waals surface area contributed by atoms with Crippen molar-refractivity contribution in [2.75, 3.05) is 5.33 Å². The normalized spacial score (nSPS) is 11.4. The minimum Gasteiger partial charge on any atom is -0.346 e. The summed E-state index contributed by atoms with van der Waals surface area (Å²) in [6, 6.07) is 0. The molecule has 1 heterocycles. The summed E-state index contributed by atoms with van der Waals surface area (Å²) in [4.78, 5) is 11.7. The highest BCUT2D eigenvalue weighted by Gasteiger charge is 2.21. The minimum absolute atomic E-state index is 0.0966. The summed E-state index contributed by atoms with van der Waals surface area (Å²) in [6.45, 7) is 5.73. The second-order valence-corrected chi connectivity index (χ2v) is 4.44. The zero-order chi connectivity index (χ0) is 10.8. The van der Waals surface area contributed by atoms with E-state index in [9.17, 15) is 4.79 Å². The van der Waals surface area contributed by atoms with E-state index in [1.54, 1.807) is 0 Å². The van der Waals surface area contributed by atoms with Gasteiger partial charge in [0.25, 0.3) is 5.91 Å². The third-order valence-electron chi connectivity index (χ3n) is 1.86. The molecule has 78 valence electrons. The molecule has 14 heavy (non-hydrogen) atoms. The van der Waals surface area contributed by atoms with Crippen LogP contribution < -0.4 is 5.32 Å². The molecule has 0 saturated heterocycles. The van der Waals surface area contributed by atoms with Gasteiger partial charge in [-0.15, -0.1) is 0 Å². The third-order valence-corrected chi connectivity index (χ3v) is 3.26. The lowest BCUT2D eigenvalue weighted by Gasteiger charge is -2.23. The van der Waals surface area contributed by atoms with Gasteiger partial charge in [0.05, 0.1) is 11.8 Å². The first-order valence-corrected chi connectivity index (χ1v) is 5.47. The molecule has 0 unspecified atom stereocenters. The molecule has 0 aromatic carbocycles. The molecule has 0 bridgehead atoms. The number of alkyl halides is 1.